The van der Waals surface area contributed by atoms with E-state index in [1.807, 2.05) is 68.4 Å². The van der Waals surface area contributed by atoms with Gasteiger partial charge in [-0.2, -0.15) is 0 Å². The Hall–Kier alpha value is -2.68. The highest BCUT2D eigenvalue weighted by Gasteiger charge is 2.10. The van der Waals surface area contributed by atoms with E-state index in [1.54, 1.807) is 10.6 Å². The zero-order chi connectivity index (χ0) is 15.5. The molecule has 3 rings (SSSR count). The van der Waals surface area contributed by atoms with Gasteiger partial charge < -0.3 is 0 Å². The molecule has 1 aromatic heterocycles. The SMILES string of the molecule is CCc1nc(-c2ccccc2)cc(=O)n1-c1ccc(C)cc1. The molecule has 0 aliphatic rings. The van der Waals surface area contributed by atoms with Gasteiger partial charge in [-0.15, -0.1) is 0 Å². The molecule has 110 valence electrons. The third kappa shape index (κ3) is 2.70. The van der Waals surface area contributed by atoms with Crippen LogP contribution >= 0.6 is 0 Å². The Balaban J connectivity index is 2.17. The van der Waals surface area contributed by atoms with E-state index >= 15 is 0 Å². The maximum absolute atomic E-state index is 12.6. The molecule has 0 saturated heterocycles. The molecule has 0 N–H and O–H groups in total. The number of hydrogen-bond donors (Lipinski definition) is 0. The van der Waals surface area contributed by atoms with Crippen LogP contribution in [0, 0.1) is 6.92 Å². The summed E-state index contributed by atoms with van der Waals surface area (Å²) < 4.78 is 1.69. The lowest BCUT2D eigenvalue weighted by Crippen LogP contribution is -2.23. The van der Waals surface area contributed by atoms with Crippen molar-refractivity contribution in [1.29, 1.82) is 0 Å². The number of benzene rings is 2. The monoisotopic (exact) mass is 290 g/mol. The van der Waals surface area contributed by atoms with Crippen LogP contribution in [0.25, 0.3) is 16.9 Å². The molecular formula is C19H18N2O. The third-order valence-electron chi connectivity index (χ3n) is 3.67. The molecule has 0 amide bonds. The number of nitrogens with zero attached hydrogens (tertiary/aromatic N) is 2. The Labute approximate surface area is 129 Å². The summed E-state index contributed by atoms with van der Waals surface area (Å²) in [7, 11) is 0. The van der Waals surface area contributed by atoms with Crippen LogP contribution in [0.15, 0.2) is 65.5 Å². The summed E-state index contributed by atoms with van der Waals surface area (Å²) in [5, 5.41) is 0. The molecule has 0 unspecified atom stereocenters. The fourth-order valence-electron chi connectivity index (χ4n) is 2.49. The Bertz CT molecular complexity index is 834. The molecule has 0 radical (unpaired) electrons. The first kappa shape index (κ1) is 14.3. The topological polar surface area (TPSA) is 34.9 Å². The predicted molar refractivity (Wildman–Crippen MR) is 89.4 cm³/mol. The van der Waals surface area contributed by atoms with E-state index < -0.39 is 0 Å². The molecule has 0 aliphatic carbocycles. The normalized spacial score (nSPS) is 10.6. The van der Waals surface area contributed by atoms with Gasteiger partial charge in [-0.05, 0) is 19.1 Å². The summed E-state index contributed by atoms with van der Waals surface area (Å²) >= 11 is 0. The summed E-state index contributed by atoms with van der Waals surface area (Å²) in [6.07, 6.45) is 0.698. The quantitative estimate of drug-likeness (QED) is 0.736. The smallest absolute Gasteiger partial charge is 0.258 e. The summed E-state index contributed by atoms with van der Waals surface area (Å²) in [4.78, 5) is 17.3. The summed E-state index contributed by atoms with van der Waals surface area (Å²) in [6.45, 7) is 4.05. The van der Waals surface area contributed by atoms with Crippen molar-refractivity contribution >= 4 is 0 Å². The molecule has 3 aromatic rings. The van der Waals surface area contributed by atoms with Crippen molar-refractivity contribution < 1.29 is 0 Å². The first-order valence-electron chi connectivity index (χ1n) is 7.44. The number of hydrogen-bond acceptors (Lipinski definition) is 2. The minimum Gasteiger partial charge on any atom is -0.269 e. The van der Waals surface area contributed by atoms with Crippen LogP contribution in [0.1, 0.15) is 18.3 Å². The second-order valence-corrected chi connectivity index (χ2v) is 5.29. The van der Waals surface area contributed by atoms with Crippen LogP contribution in [-0.2, 0) is 6.42 Å². The van der Waals surface area contributed by atoms with Gasteiger partial charge >= 0.3 is 0 Å². The van der Waals surface area contributed by atoms with Crippen LogP contribution in [0.5, 0.6) is 0 Å². The molecule has 0 saturated carbocycles. The van der Waals surface area contributed by atoms with Gasteiger partial charge in [0, 0.05) is 18.1 Å². The van der Waals surface area contributed by atoms with Gasteiger partial charge in [0.2, 0.25) is 0 Å². The maximum atomic E-state index is 12.6. The molecule has 3 heteroatoms. The highest BCUT2D eigenvalue weighted by atomic mass is 16.1. The molecule has 0 fully saturated rings. The van der Waals surface area contributed by atoms with Gasteiger partial charge in [-0.1, -0.05) is 55.0 Å². The van der Waals surface area contributed by atoms with E-state index in [4.69, 9.17) is 0 Å². The van der Waals surface area contributed by atoms with Gasteiger partial charge in [0.05, 0.1) is 11.4 Å². The van der Waals surface area contributed by atoms with Gasteiger partial charge in [0.1, 0.15) is 5.82 Å². The van der Waals surface area contributed by atoms with E-state index in [1.165, 1.54) is 5.56 Å². The predicted octanol–water partition coefficient (Wildman–Crippen LogP) is 3.77. The lowest BCUT2D eigenvalue weighted by molar-refractivity contribution is 0.817. The first-order chi connectivity index (χ1) is 10.7. The van der Waals surface area contributed by atoms with Gasteiger partial charge in [-0.25, -0.2) is 4.98 Å². The summed E-state index contributed by atoms with van der Waals surface area (Å²) in [5.41, 5.74) is 3.67. The molecular weight excluding hydrogens is 272 g/mol. The fraction of sp³-hybridized carbons (Fsp3) is 0.158. The van der Waals surface area contributed by atoms with Gasteiger partial charge in [0.15, 0.2) is 0 Å². The molecule has 0 bridgehead atoms. The number of aryl methyl sites for hydroxylation is 2. The van der Waals surface area contributed by atoms with E-state index in [0.717, 1.165) is 22.8 Å². The molecule has 1 heterocycles. The zero-order valence-electron chi connectivity index (χ0n) is 12.8. The van der Waals surface area contributed by atoms with E-state index in [2.05, 4.69) is 4.98 Å². The second kappa shape index (κ2) is 5.98. The average Bonchev–Trinajstić information content (AvgIpc) is 2.56. The molecule has 0 aliphatic heterocycles. The van der Waals surface area contributed by atoms with Gasteiger partial charge in [0.25, 0.3) is 5.56 Å². The van der Waals surface area contributed by atoms with Crippen LogP contribution in [0.4, 0.5) is 0 Å². The van der Waals surface area contributed by atoms with Crippen LogP contribution < -0.4 is 5.56 Å². The highest BCUT2D eigenvalue weighted by Crippen LogP contribution is 2.17. The van der Waals surface area contributed by atoms with Crippen molar-refractivity contribution in [2.45, 2.75) is 20.3 Å². The maximum Gasteiger partial charge on any atom is 0.258 e. The van der Waals surface area contributed by atoms with Crippen molar-refractivity contribution in [3.63, 3.8) is 0 Å². The standard InChI is InChI=1S/C19H18N2O/c1-3-18-20-17(15-7-5-4-6-8-15)13-19(22)21(18)16-11-9-14(2)10-12-16/h4-13H,3H2,1-2H3. The van der Waals surface area contributed by atoms with Crippen molar-refractivity contribution in [3.05, 3.63) is 82.4 Å². The molecule has 2 aromatic carbocycles. The summed E-state index contributed by atoms with van der Waals surface area (Å²) in [5.74, 6) is 0.773. The lowest BCUT2D eigenvalue weighted by atomic mass is 10.1. The van der Waals surface area contributed by atoms with E-state index in [-0.39, 0.29) is 5.56 Å². The fourth-order valence-corrected chi connectivity index (χ4v) is 2.49. The van der Waals surface area contributed by atoms with Crippen molar-refractivity contribution in [1.82, 2.24) is 9.55 Å². The Morgan fingerprint density at radius 2 is 1.68 bits per heavy atom. The first-order valence-corrected chi connectivity index (χ1v) is 7.44. The van der Waals surface area contributed by atoms with Crippen LogP contribution in [0.2, 0.25) is 0 Å². The lowest BCUT2D eigenvalue weighted by Gasteiger charge is -2.13. The molecule has 0 atom stereocenters. The molecule has 3 nitrogen and oxygen atoms in total. The third-order valence-corrected chi connectivity index (χ3v) is 3.67. The van der Waals surface area contributed by atoms with Gasteiger partial charge in [-0.3, -0.25) is 9.36 Å². The van der Waals surface area contributed by atoms with E-state index in [9.17, 15) is 4.79 Å². The number of rotatable bonds is 3. The zero-order valence-corrected chi connectivity index (χ0v) is 12.8. The Morgan fingerprint density at radius 3 is 2.32 bits per heavy atom. The van der Waals surface area contributed by atoms with E-state index in [0.29, 0.717) is 6.42 Å². The highest BCUT2D eigenvalue weighted by molar-refractivity contribution is 5.58. The average molecular weight is 290 g/mol. The van der Waals surface area contributed by atoms with Crippen molar-refractivity contribution in [3.8, 4) is 16.9 Å². The van der Waals surface area contributed by atoms with Crippen LogP contribution in [0.3, 0.4) is 0 Å². The Morgan fingerprint density at radius 1 is 1.00 bits per heavy atom. The Kier molecular flexibility index (Phi) is 3.88. The van der Waals surface area contributed by atoms with Crippen molar-refractivity contribution in [2.75, 3.05) is 0 Å². The minimum absolute atomic E-state index is 0.0467. The molecule has 22 heavy (non-hydrogen) atoms. The summed E-state index contributed by atoms with van der Waals surface area (Å²) in [6, 6.07) is 19.3. The van der Waals surface area contributed by atoms with Crippen molar-refractivity contribution in [2.24, 2.45) is 0 Å². The largest absolute Gasteiger partial charge is 0.269 e. The minimum atomic E-state index is -0.0467. The van der Waals surface area contributed by atoms with Crippen LogP contribution in [-0.4, -0.2) is 9.55 Å². The second-order valence-electron chi connectivity index (χ2n) is 5.29. The molecule has 0 spiro atoms. The number of aromatic nitrogens is 2.